The third-order valence-electron chi connectivity index (χ3n) is 5.19. The molecule has 0 saturated heterocycles. The second-order valence-corrected chi connectivity index (χ2v) is 9.89. The van der Waals surface area contributed by atoms with E-state index in [1.165, 1.54) is 17.8 Å². The third-order valence-corrected chi connectivity index (χ3v) is 5.19. The fourth-order valence-corrected chi connectivity index (χ4v) is 3.43. The summed E-state index contributed by atoms with van der Waals surface area (Å²) in [6, 6.07) is 4.40. The summed E-state index contributed by atoms with van der Waals surface area (Å²) in [6.45, 7) is 16.3. The van der Waals surface area contributed by atoms with Gasteiger partial charge in [0.15, 0.2) is 6.39 Å². The second kappa shape index (κ2) is 6.70. The zero-order valence-electron chi connectivity index (χ0n) is 17.6. The second-order valence-electron chi connectivity index (χ2n) is 9.89. The highest BCUT2D eigenvalue weighted by atomic mass is 16.3. The molecule has 146 valence electrons. The number of nitrogens with zero attached hydrogens (tertiary/aromatic N) is 3. The normalized spacial score (nSPS) is 13.3. The Kier molecular flexibility index (Phi) is 4.83. The Balaban J connectivity index is 1.73. The van der Waals surface area contributed by atoms with Crippen LogP contribution in [0.25, 0.3) is 0 Å². The van der Waals surface area contributed by atoms with Gasteiger partial charge in [0.05, 0.1) is 18.2 Å². The molecular formula is C22H32N4O. The number of imidazole rings is 1. The molecule has 0 aromatic carbocycles. The summed E-state index contributed by atoms with van der Waals surface area (Å²) in [6.07, 6.45) is 8.28. The molecule has 0 bridgehead atoms. The van der Waals surface area contributed by atoms with Crippen molar-refractivity contribution in [3.8, 4) is 0 Å². The molecule has 0 aliphatic rings. The smallest absolute Gasteiger partial charge is 0.180 e. The molecule has 3 aromatic heterocycles. The van der Waals surface area contributed by atoms with Crippen LogP contribution in [-0.2, 0) is 29.2 Å². The number of aromatic amines is 1. The number of hydrogen-bond donors (Lipinski definition) is 1. The minimum Gasteiger partial charge on any atom is -0.448 e. The Labute approximate surface area is 162 Å². The van der Waals surface area contributed by atoms with Gasteiger partial charge in [0.25, 0.3) is 0 Å². The highest BCUT2D eigenvalue weighted by Crippen LogP contribution is 2.30. The first-order valence-electron chi connectivity index (χ1n) is 9.57. The predicted molar refractivity (Wildman–Crippen MR) is 108 cm³/mol. The molecule has 1 N–H and O–H groups in total. The number of rotatable bonds is 6. The summed E-state index contributed by atoms with van der Waals surface area (Å²) in [7, 11) is 0. The average Bonchev–Trinajstić information content (AvgIpc) is 3.27. The Hall–Kier alpha value is -2.30. The molecular weight excluding hydrogens is 336 g/mol. The molecule has 0 unspecified atom stereocenters. The Morgan fingerprint density at radius 3 is 2.37 bits per heavy atom. The molecule has 27 heavy (non-hydrogen) atoms. The quantitative estimate of drug-likeness (QED) is 0.666. The van der Waals surface area contributed by atoms with E-state index in [4.69, 9.17) is 9.40 Å². The van der Waals surface area contributed by atoms with E-state index in [-0.39, 0.29) is 16.2 Å². The van der Waals surface area contributed by atoms with Gasteiger partial charge in [-0.3, -0.25) is 0 Å². The zero-order chi connectivity index (χ0) is 19.9. The van der Waals surface area contributed by atoms with E-state index in [1.807, 2.05) is 6.33 Å². The van der Waals surface area contributed by atoms with Gasteiger partial charge in [0, 0.05) is 40.4 Å². The molecule has 0 aliphatic heterocycles. The van der Waals surface area contributed by atoms with Crippen molar-refractivity contribution in [1.29, 1.82) is 0 Å². The summed E-state index contributed by atoms with van der Waals surface area (Å²) in [5.74, 6) is 0.887. The largest absolute Gasteiger partial charge is 0.448 e. The van der Waals surface area contributed by atoms with Gasteiger partial charge in [0.1, 0.15) is 5.76 Å². The predicted octanol–water partition coefficient (Wildman–Crippen LogP) is 4.99. The molecule has 0 spiro atoms. The van der Waals surface area contributed by atoms with Crippen LogP contribution in [0.2, 0.25) is 0 Å². The topological polar surface area (TPSA) is 59.6 Å². The van der Waals surface area contributed by atoms with Gasteiger partial charge in [-0.2, -0.15) is 0 Å². The lowest BCUT2D eigenvalue weighted by Gasteiger charge is -2.23. The number of oxazole rings is 1. The fourth-order valence-electron chi connectivity index (χ4n) is 3.43. The molecule has 3 heterocycles. The highest BCUT2D eigenvalue weighted by molar-refractivity contribution is 5.23. The molecule has 0 radical (unpaired) electrons. The average molecular weight is 369 g/mol. The molecule has 0 fully saturated rings. The maximum Gasteiger partial charge on any atom is 0.180 e. The van der Waals surface area contributed by atoms with E-state index in [1.54, 1.807) is 6.20 Å². The van der Waals surface area contributed by atoms with E-state index in [2.05, 4.69) is 81.3 Å². The van der Waals surface area contributed by atoms with Gasteiger partial charge in [0.2, 0.25) is 0 Å². The highest BCUT2D eigenvalue weighted by Gasteiger charge is 2.28. The number of aromatic nitrogens is 4. The van der Waals surface area contributed by atoms with Crippen molar-refractivity contribution in [2.75, 3.05) is 0 Å². The van der Waals surface area contributed by atoms with E-state index in [0.29, 0.717) is 0 Å². The van der Waals surface area contributed by atoms with Crippen molar-refractivity contribution in [1.82, 2.24) is 19.5 Å². The van der Waals surface area contributed by atoms with E-state index >= 15 is 0 Å². The fraction of sp³-hybridized carbons (Fsp3) is 0.545. The third kappa shape index (κ3) is 4.34. The maximum atomic E-state index is 5.50. The number of hydrogen-bond acceptors (Lipinski definition) is 3. The molecule has 0 atom stereocenters. The number of nitrogens with one attached hydrogen (secondary N) is 1. The zero-order valence-corrected chi connectivity index (χ0v) is 17.6. The molecule has 3 aromatic rings. The van der Waals surface area contributed by atoms with Crippen LogP contribution in [0.5, 0.6) is 0 Å². The Morgan fingerprint density at radius 2 is 1.78 bits per heavy atom. The lowest BCUT2D eigenvalue weighted by Crippen LogP contribution is -2.24. The lowest BCUT2D eigenvalue weighted by molar-refractivity contribution is 0.342. The SMILES string of the molecule is CC(C)(C)c1ccc(CC(C)(C)c2cn(CC(C)(C)c3cnco3)cn2)[nH]1. The van der Waals surface area contributed by atoms with Gasteiger partial charge in [-0.25, -0.2) is 9.97 Å². The molecule has 0 aliphatic carbocycles. The monoisotopic (exact) mass is 368 g/mol. The summed E-state index contributed by atoms with van der Waals surface area (Å²) < 4.78 is 7.65. The first-order chi connectivity index (χ1) is 12.5. The van der Waals surface area contributed by atoms with Crippen LogP contribution in [0, 0.1) is 0 Å². The number of H-pyrrole nitrogens is 1. The van der Waals surface area contributed by atoms with E-state index in [9.17, 15) is 0 Å². The molecule has 3 rings (SSSR count). The Bertz CT molecular complexity index is 876. The lowest BCUT2D eigenvalue weighted by atomic mass is 9.85. The van der Waals surface area contributed by atoms with Crippen molar-refractivity contribution < 1.29 is 4.42 Å². The first-order valence-corrected chi connectivity index (χ1v) is 9.57. The van der Waals surface area contributed by atoms with E-state index < -0.39 is 0 Å². The summed E-state index contributed by atoms with van der Waals surface area (Å²) >= 11 is 0. The molecule has 5 nitrogen and oxygen atoms in total. The van der Waals surface area contributed by atoms with Gasteiger partial charge in [-0.15, -0.1) is 0 Å². The Morgan fingerprint density at radius 1 is 1.04 bits per heavy atom. The minimum absolute atomic E-state index is 0.0539. The van der Waals surface area contributed by atoms with Crippen LogP contribution >= 0.6 is 0 Å². The van der Waals surface area contributed by atoms with Crippen molar-refractivity contribution in [3.05, 3.63) is 60.1 Å². The van der Waals surface area contributed by atoms with Gasteiger partial charge >= 0.3 is 0 Å². The molecule has 0 saturated carbocycles. The van der Waals surface area contributed by atoms with Gasteiger partial charge < -0.3 is 14.0 Å². The first kappa shape index (κ1) is 19.5. The standard InChI is InChI=1S/C22H32N4O/c1-20(2,3)17-9-8-16(25-17)10-21(4,5)18-12-26(14-24-18)13-22(6,7)19-11-23-15-27-19/h8-9,11-12,14-15,25H,10,13H2,1-7H3. The summed E-state index contributed by atoms with van der Waals surface area (Å²) in [4.78, 5) is 12.3. The van der Waals surface area contributed by atoms with Crippen LogP contribution in [0.15, 0.2) is 41.7 Å². The molecule has 5 heteroatoms. The van der Waals surface area contributed by atoms with Gasteiger partial charge in [-0.1, -0.05) is 48.5 Å². The maximum absolute atomic E-state index is 5.50. The van der Waals surface area contributed by atoms with E-state index in [0.717, 1.165) is 24.4 Å². The van der Waals surface area contributed by atoms with Crippen LogP contribution < -0.4 is 0 Å². The molecule has 0 amide bonds. The van der Waals surface area contributed by atoms with Crippen LogP contribution in [-0.4, -0.2) is 19.5 Å². The van der Waals surface area contributed by atoms with Crippen molar-refractivity contribution in [3.63, 3.8) is 0 Å². The van der Waals surface area contributed by atoms with Crippen LogP contribution in [0.3, 0.4) is 0 Å². The summed E-state index contributed by atoms with van der Waals surface area (Å²) in [5.41, 5.74) is 3.56. The van der Waals surface area contributed by atoms with Crippen LogP contribution in [0.4, 0.5) is 0 Å². The van der Waals surface area contributed by atoms with Gasteiger partial charge in [-0.05, 0) is 18.6 Å². The van der Waals surface area contributed by atoms with Crippen molar-refractivity contribution in [2.45, 2.75) is 77.7 Å². The summed E-state index contributed by atoms with van der Waals surface area (Å²) in [5, 5.41) is 0. The van der Waals surface area contributed by atoms with Crippen molar-refractivity contribution in [2.24, 2.45) is 0 Å². The van der Waals surface area contributed by atoms with Crippen molar-refractivity contribution >= 4 is 0 Å². The minimum atomic E-state index is -0.139. The van der Waals surface area contributed by atoms with Crippen LogP contribution in [0.1, 0.15) is 71.3 Å².